The minimum Gasteiger partial charge on any atom is -0.467 e. The van der Waals surface area contributed by atoms with E-state index < -0.39 is 15.9 Å². The van der Waals surface area contributed by atoms with Crippen LogP contribution in [0.3, 0.4) is 0 Å². The van der Waals surface area contributed by atoms with Crippen LogP contribution in [0.25, 0.3) is 11.1 Å². The first-order valence-electron chi connectivity index (χ1n) is 6.04. The molecule has 1 heterocycles. The number of sulfonamides is 1. The van der Waals surface area contributed by atoms with Gasteiger partial charge in [0, 0.05) is 23.5 Å². The number of primary sulfonamides is 1. The second kappa shape index (κ2) is 7.60. The van der Waals surface area contributed by atoms with Crippen LogP contribution in [0.4, 0.5) is 0 Å². The van der Waals surface area contributed by atoms with E-state index in [1.807, 2.05) is 0 Å². The molecule has 124 valence electrons. The van der Waals surface area contributed by atoms with Gasteiger partial charge < -0.3 is 10.5 Å². The van der Waals surface area contributed by atoms with Gasteiger partial charge in [-0.05, 0) is 11.6 Å². The summed E-state index contributed by atoms with van der Waals surface area (Å²) in [5.41, 5.74) is 6.42. The Labute approximate surface area is 133 Å². The van der Waals surface area contributed by atoms with Crippen molar-refractivity contribution in [3.63, 3.8) is 0 Å². The van der Waals surface area contributed by atoms with Gasteiger partial charge in [0.05, 0.1) is 12.0 Å². The highest BCUT2D eigenvalue weighted by atomic mass is 32.2. The van der Waals surface area contributed by atoms with Crippen molar-refractivity contribution in [2.24, 2.45) is 22.6 Å². The molecule has 0 unspecified atom stereocenters. The number of hydrogen-bond donors (Lipinski definition) is 5. The number of amidine groups is 1. The van der Waals surface area contributed by atoms with Crippen molar-refractivity contribution in [2.75, 3.05) is 7.11 Å². The summed E-state index contributed by atoms with van der Waals surface area (Å²) in [7, 11) is -2.58. The van der Waals surface area contributed by atoms with Crippen LogP contribution >= 0.6 is 0 Å². The van der Waals surface area contributed by atoms with Crippen LogP contribution in [0.5, 0.6) is 6.01 Å². The average Bonchev–Trinajstić information content (AvgIpc) is 2.55. The molecular weight excluding hydrogens is 322 g/mol. The minimum absolute atomic E-state index is 0.0220. The van der Waals surface area contributed by atoms with Crippen molar-refractivity contribution in [3.05, 3.63) is 36.2 Å². The fraction of sp³-hybridized carbons (Fsp3) is 0.0833. The Morgan fingerprint density at radius 1 is 1.22 bits per heavy atom. The highest BCUT2D eigenvalue weighted by molar-refractivity contribution is 7.89. The largest absolute Gasteiger partial charge is 0.467 e. The van der Waals surface area contributed by atoms with Gasteiger partial charge >= 0.3 is 6.01 Å². The summed E-state index contributed by atoms with van der Waals surface area (Å²) >= 11 is 0. The second-order valence-corrected chi connectivity index (χ2v) is 5.63. The Bertz CT molecular complexity index is 791. The third-order valence-corrected chi connectivity index (χ3v) is 3.68. The van der Waals surface area contributed by atoms with Crippen LogP contribution in [0, 0.1) is 5.41 Å². The van der Waals surface area contributed by atoms with E-state index >= 15 is 0 Å². The zero-order valence-corrected chi connectivity index (χ0v) is 13.0. The number of nitrogens with two attached hydrogens (primary N) is 4. The minimum atomic E-state index is -4.01. The second-order valence-electron chi connectivity index (χ2n) is 4.10. The predicted octanol–water partition coefficient (Wildman–Crippen LogP) is -1.10. The van der Waals surface area contributed by atoms with Crippen molar-refractivity contribution in [3.8, 4) is 17.1 Å². The zero-order chi connectivity index (χ0) is 17.6. The first-order valence-corrected chi connectivity index (χ1v) is 7.59. The quantitative estimate of drug-likeness (QED) is 0.200. The Morgan fingerprint density at radius 3 is 2.22 bits per heavy atom. The molecule has 1 aromatic carbocycles. The topological polar surface area (TPSA) is 197 Å². The Kier molecular flexibility index (Phi) is 6.10. The van der Waals surface area contributed by atoms with E-state index in [9.17, 15) is 8.42 Å². The van der Waals surface area contributed by atoms with Crippen molar-refractivity contribution < 1.29 is 13.2 Å². The molecule has 0 saturated heterocycles. The first kappa shape index (κ1) is 18.4. The fourth-order valence-electron chi connectivity index (χ4n) is 1.85. The van der Waals surface area contributed by atoms with E-state index in [-0.39, 0.29) is 16.5 Å². The molecule has 0 spiro atoms. The van der Waals surface area contributed by atoms with Crippen molar-refractivity contribution in [2.45, 2.75) is 4.90 Å². The number of nitrogens with zero attached hydrogens (tertiary/aromatic N) is 2. The molecule has 2 aromatic rings. The van der Waals surface area contributed by atoms with Gasteiger partial charge in [-0.1, -0.05) is 12.1 Å². The lowest BCUT2D eigenvalue weighted by Crippen LogP contribution is -2.21. The first-order chi connectivity index (χ1) is 10.8. The van der Waals surface area contributed by atoms with E-state index in [0.717, 1.165) is 0 Å². The fourth-order valence-corrected chi connectivity index (χ4v) is 2.62. The van der Waals surface area contributed by atoms with Gasteiger partial charge in [0.2, 0.25) is 10.0 Å². The van der Waals surface area contributed by atoms with E-state index in [1.165, 1.54) is 31.6 Å². The highest BCUT2D eigenvalue weighted by Gasteiger charge is 2.20. The van der Waals surface area contributed by atoms with Crippen molar-refractivity contribution in [1.29, 1.82) is 5.41 Å². The van der Waals surface area contributed by atoms with E-state index in [2.05, 4.69) is 21.7 Å². The molecule has 9 N–H and O–H groups in total. The summed E-state index contributed by atoms with van der Waals surface area (Å²) in [6, 6.07) is 4.58. The number of benzene rings is 1. The molecule has 0 amide bonds. The molecule has 0 bridgehead atoms. The van der Waals surface area contributed by atoms with Crippen LogP contribution in [-0.2, 0) is 10.0 Å². The van der Waals surface area contributed by atoms with Gasteiger partial charge in [-0.25, -0.2) is 23.5 Å². The van der Waals surface area contributed by atoms with E-state index in [0.29, 0.717) is 11.1 Å². The number of ether oxygens (including phenoxy) is 1. The molecule has 10 nitrogen and oxygen atoms in total. The Hall–Kier alpha value is -2.60. The smallest absolute Gasteiger partial charge is 0.316 e. The predicted molar refractivity (Wildman–Crippen MR) is 84.8 cm³/mol. The highest BCUT2D eigenvalue weighted by Crippen LogP contribution is 2.27. The molecule has 2 rings (SSSR count). The van der Waals surface area contributed by atoms with Gasteiger partial charge in [-0.3, -0.25) is 17.1 Å². The number of rotatable bonds is 4. The molecule has 23 heavy (non-hydrogen) atoms. The van der Waals surface area contributed by atoms with Gasteiger partial charge in [-0.15, -0.1) is 0 Å². The molecule has 1 aromatic heterocycles. The monoisotopic (exact) mass is 339 g/mol. The lowest BCUT2D eigenvalue weighted by molar-refractivity contribution is 0.380. The summed E-state index contributed by atoms with van der Waals surface area (Å²) in [5, 5.41) is 12.8. The summed E-state index contributed by atoms with van der Waals surface area (Å²) in [5.74, 6) is 7.59. The van der Waals surface area contributed by atoms with Gasteiger partial charge in [-0.2, -0.15) is 0 Å². The van der Waals surface area contributed by atoms with Crippen LogP contribution in [0.15, 0.2) is 35.5 Å². The van der Waals surface area contributed by atoms with Gasteiger partial charge in [0.1, 0.15) is 5.84 Å². The molecule has 0 aliphatic heterocycles. The normalized spacial score (nSPS) is 10.4. The van der Waals surface area contributed by atoms with Crippen LogP contribution < -0.4 is 27.3 Å². The van der Waals surface area contributed by atoms with Gasteiger partial charge in [0.15, 0.2) is 0 Å². The maximum atomic E-state index is 11.6. The molecule has 11 heteroatoms. The van der Waals surface area contributed by atoms with Crippen molar-refractivity contribution in [1.82, 2.24) is 9.97 Å². The lowest BCUT2D eigenvalue weighted by Gasteiger charge is -2.12. The summed E-state index contributed by atoms with van der Waals surface area (Å²) in [4.78, 5) is 7.66. The standard InChI is InChI=1S/C12H13N5O3S.H4N2/c1-20-12-16-5-7(6-17-12)8-3-2-4-9(21(15,18)19)10(8)11(13)14;1-2/h2-6H,1H3,(H3,13,14)(H2,15,18,19);1-2H2. The summed E-state index contributed by atoms with van der Waals surface area (Å²) in [6.07, 6.45) is 2.89. The summed E-state index contributed by atoms with van der Waals surface area (Å²) in [6.45, 7) is 0. The van der Waals surface area contributed by atoms with E-state index in [4.69, 9.17) is 21.0 Å². The van der Waals surface area contributed by atoms with Crippen LogP contribution in [0.2, 0.25) is 0 Å². The third kappa shape index (κ3) is 4.20. The third-order valence-electron chi connectivity index (χ3n) is 2.72. The number of hydrazine groups is 1. The molecule has 0 aliphatic rings. The zero-order valence-electron chi connectivity index (χ0n) is 12.2. The van der Waals surface area contributed by atoms with E-state index in [1.54, 1.807) is 6.07 Å². The van der Waals surface area contributed by atoms with Crippen LogP contribution in [-0.4, -0.2) is 31.3 Å². The molecule has 0 radical (unpaired) electrons. The SMILES string of the molecule is COc1ncc(-c2cccc(S(N)(=O)=O)c2C(=N)N)cn1.NN. The lowest BCUT2D eigenvalue weighted by atomic mass is 10.0. The molecule has 0 aliphatic carbocycles. The number of nitrogens with one attached hydrogen (secondary N) is 1. The number of hydrogen-bond acceptors (Lipinski definition) is 8. The molecule has 0 atom stereocenters. The molecule has 0 fully saturated rings. The Morgan fingerprint density at radius 2 is 1.78 bits per heavy atom. The van der Waals surface area contributed by atoms with Crippen molar-refractivity contribution >= 4 is 15.9 Å². The number of methoxy groups -OCH3 is 1. The van der Waals surface area contributed by atoms with Gasteiger partial charge in [0.25, 0.3) is 0 Å². The maximum absolute atomic E-state index is 11.6. The molecule has 0 saturated carbocycles. The Balaban J connectivity index is 0.00000127. The molecular formula is C12H17N7O3S. The summed E-state index contributed by atoms with van der Waals surface area (Å²) < 4.78 is 28.1. The van der Waals surface area contributed by atoms with Crippen LogP contribution in [0.1, 0.15) is 5.56 Å². The number of aromatic nitrogens is 2. The average molecular weight is 339 g/mol. The number of nitrogen functional groups attached to an aromatic ring is 1. The maximum Gasteiger partial charge on any atom is 0.316 e.